The Balaban J connectivity index is 3.54. The van der Waals surface area contributed by atoms with E-state index in [1.165, 1.54) is 0 Å². The Bertz CT molecular complexity index is 345. The molecule has 100 valence electrons. The van der Waals surface area contributed by atoms with Crippen molar-refractivity contribution in [2.24, 2.45) is 0 Å². The van der Waals surface area contributed by atoms with E-state index in [4.69, 9.17) is 8.92 Å². The standard InChI is InChI=1S/C11H20O5S/c1-4-9-17(13,14)16-8-6-5-7-15-11(12)10(2)3/h2,4-9H2,1,3H3. The lowest BCUT2D eigenvalue weighted by Gasteiger charge is -2.05. The number of hydrogen-bond acceptors (Lipinski definition) is 5. The number of carbonyl (C=O) groups is 1. The highest BCUT2D eigenvalue weighted by Gasteiger charge is 2.08. The van der Waals surface area contributed by atoms with E-state index in [1.807, 2.05) is 0 Å². The topological polar surface area (TPSA) is 69.7 Å². The zero-order valence-corrected chi connectivity index (χ0v) is 11.2. The van der Waals surface area contributed by atoms with Gasteiger partial charge in [0, 0.05) is 5.57 Å². The number of esters is 1. The second-order valence-electron chi connectivity index (χ2n) is 3.71. The van der Waals surface area contributed by atoms with Gasteiger partial charge in [-0.05, 0) is 26.2 Å². The van der Waals surface area contributed by atoms with E-state index in [0.29, 0.717) is 24.8 Å². The van der Waals surface area contributed by atoms with Gasteiger partial charge in [-0.3, -0.25) is 4.18 Å². The summed E-state index contributed by atoms with van der Waals surface area (Å²) in [6.45, 7) is 7.18. The van der Waals surface area contributed by atoms with Crippen molar-refractivity contribution in [1.29, 1.82) is 0 Å². The molecule has 0 fully saturated rings. The van der Waals surface area contributed by atoms with Gasteiger partial charge in [0.25, 0.3) is 10.1 Å². The third kappa shape index (κ3) is 8.88. The molecule has 0 amide bonds. The van der Waals surface area contributed by atoms with Crippen LogP contribution in [0.25, 0.3) is 0 Å². The average molecular weight is 264 g/mol. The predicted molar refractivity (Wildman–Crippen MR) is 65.0 cm³/mol. The van der Waals surface area contributed by atoms with E-state index in [-0.39, 0.29) is 19.0 Å². The molecule has 0 aliphatic heterocycles. The summed E-state index contributed by atoms with van der Waals surface area (Å²) in [5, 5.41) is 0. The maximum atomic E-state index is 11.1. The van der Waals surface area contributed by atoms with Gasteiger partial charge in [-0.25, -0.2) is 4.79 Å². The van der Waals surface area contributed by atoms with Gasteiger partial charge in [0.15, 0.2) is 0 Å². The molecule has 0 saturated carbocycles. The molecule has 5 nitrogen and oxygen atoms in total. The van der Waals surface area contributed by atoms with Crippen molar-refractivity contribution in [2.45, 2.75) is 33.1 Å². The van der Waals surface area contributed by atoms with Crippen LogP contribution >= 0.6 is 0 Å². The Kier molecular flexibility index (Phi) is 7.82. The minimum Gasteiger partial charge on any atom is -0.462 e. The zero-order chi connectivity index (χ0) is 13.3. The van der Waals surface area contributed by atoms with Crippen LogP contribution in [0.1, 0.15) is 33.1 Å². The summed E-state index contributed by atoms with van der Waals surface area (Å²) in [5.41, 5.74) is 0.353. The first kappa shape index (κ1) is 16.1. The number of rotatable bonds is 9. The molecular formula is C11H20O5S. The zero-order valence-electron chi connectivity index (χ0n) is 10.4. The Labute approximate surface area is 103 Å². The highest BCUT2D eigenvalue weighted by atomic mass is 32.2. The molecule has 0 aromatic heterocycles. The SMILES string of the molecule is C=C(C)C(=O)OCCCCOS(=O)(=O)CCC. The summed E-state index contributed by atoms with van der Waals surface area (Å²) in [6.07, 6.45) is 1.64. The van der Waals surface area contributed by atoms with Gasteiger partial charge >= 0.3 is 5.97 Å². The Hall–Kier alpha value is -0.880. The fraction of sp³-hybridized carbons (Fsp3) is 0.727. The molecule has 0 N–H and O–H groups in total. The highest BCUT2D eigenvalue weighted by Crippen LogP contribution is 2.00. The summed E-state index contributed by atoms with van der Waals surface area (Å²) >= 11 is 0. The van der Waals surface area contributed by atoms with E-state index in [1.54, 1.807) is 13.8 Å². The van der Waals surface area contributed by atoms with Crippen molar-refractivity contribution in [3.8, 4) is 0 Å². The molecule has 17 heavy (non-hydrogen) atoms. The quantitative estimate of drug-likeness (QED) is 0.274. The van der Waals surface area contributed by atoms with Crippen molar-refractivity contribution < 1.29 is 22.1 Å². The molecule has 0 atom stereocenters. The van der Waals surface area contributed by atoms with E-state index in [0.717, 1.165) is 0 Å². The monoisotopic (exact) mass is 264 g/mol. The van der Waals surface area contributed by atoms with Crippen LogP contribution in [-0.2, 0) is 23.8 Å². The van der Waals surface area contributed by atoms with Crippen molar-refractivity contribution in [1.82, 2.24) is 0 Å². The molecule has 0 aromatic carbocycles. The van der Waals surface area contributed by atoms with E-state index in [9.17, 15) is 13.2 Å². The maximum Gasteiger partial charge on any atom is 0.333 e. The van der Waals surface area contributed by atoms with Crippen LogP contribution in [-0.4, -0.2) is 33.4 Å². The molecule has 0 radical (unpaired) electrons. The van der Waals surface area contributed by atoms with Gasteiger partial charge in [-0.1, -0.05) is 13.5 Å². The Morgan fingerprint density at radius 2 is 1.82 bits per heavy atom. The van der Waals surface area contributed by atoms with Crippen molar-refractivity contribution in [3.05, 3.63) is 12.2 Å². The van der Waals surface area contributed by atoms with E-state index in [2.05, 4.69) is 6.58 Å². The smallest absolute Gasteiger partial charge is 0.333 e. The summed E-state index contributed by atoms with van der Waals surface area (Å²) in [5.74, 6) is -0.387. The molecule has 0 unspecified atom stereocenters. The average Bonchev–Trinajstić information content (AvgIpc) is 2.22. The predicted octanol–water partition coefficient (Wildman–Crippen LogP) is 1.64. The normalized spacial score (nSPS) is 11.2. The molecule has 6 heteroatoms. The number of unbranched alkanes of at least 4 members (excludes halogenated alkanes) is 1. The number of ether oxygens (including phenoxy) is 1. The minimum absolute atomic E-state index is 0.0393. The molecule has 0 rings (SSSR count). The molecule has 0 aromatic rings. The number of carbonyl (C=O) groups excluding carboxylic acids is 1. The molecule has 0 aliphatic carbocycles. The fourth-order valence-corrected chi connectivity index (χ4v) is 1.98. The van der Waals surface area contributed by atoms with Crippen LogP contribution in [0.5, 0.6) is 0 Å². The van der Waals surface area contributed by atoms with Crippen LogP contribution in [0.2, 0.25) is 0 Å². The second kappa shape index (κ2) is 8.25. The van der Waals surface area contributed by atoms with Gasteiger partial charge in [0.05, 0.1) is 19.0 Å². The summed E-state index contributed by atoms with van der Waals surface area (Å²) < 4.78 is 31.9. The van der Waals surface area contributed by atoms with Crippen LogP contribution in [0.3, 0.4) is 0 Å². The first-order valence-electron chi connectivity index (χ1n) is 5.58. The van der Waals surface area contributed by atoms with Gasteiger partial charge in [-0.2, -0.15) is 8.42 Å². The van der Waals surface area contributed by atoms with Gasteiger partial charge < -0.3 is 4.74 Å². The van der Waals surface area contributed by atoms with E-state index >= 15 is 0 Å². The molecular weight excluding hydrogens is 244 g/mol. The molecule has 0 heterocycles. The number of hydrogen-bond donors (Lipinski definition) is 0. The largest absolute Gasteiger partial charge is 0.462 e. The van der Waals surface area contributed by atoms with Gasteiger partial charge in [0.1, 0.15) is 0 Å². The van der Waals surface area contributed by atoms with Crippen molar-refractivity contribution in [3.63, 3.8) is 0 Å². The van der Waals surface area contributed by atoms with Crippen LogP contribution in [0.4, 0.5) is 0 Å². The Morgan fingerprint density at radius 1 is 1.24 bits per heavy atom. The summed E-state index contributed by atoms with van der Waals surface area (Å²) in [6, 6.07) is 0. The second-order valence-corrected chi connectivity index (χ2v) is 5.47. The van der Waals surface area contributed by atoms with Crippen molar-refractivity contribution >= 4 is 16.1 Å². The summed E-state index contributed by atoms with van der Waals surface area (Å²) in [7, 11) is -3.37. The molecule has 0 bridgehead atoms. The molecule has 0 spiro atoms. The van der Waals surface area contributed by atoms with Gasteiger partial charge in [-0.15, -0.1) is 0 Å². The fourth-order valence-electron chi connectivity index (χ4n) is 0.987. The van der Waals surface area contributed by atoms with E-state index < -0.39 is 16.1 Å². The lowest BCUT2D eigenvalue weighted by atomic mass is 10.3. The Morgan fingerprint density at radius 3 is 2.35 bits per heavy atom. The third-order valence-corrected chi connectivity index (χ3v) is 3.27. The summed E-state index contributed by atoms with van der Waals surface area (Å²) in [4.78, 5) is 11.0. The van der Waals surface area contributed by atoms with Gasteiger partial charge in [0.2, 0.25) is 0 Å². The maximum absolute atomic E-state index is 11.1. The lowest BCUT2D eigenvalue weighted by molar-refractivity contribution is -0.139. The van der Waals surface area contributed by atoms with Crippen LogP contribution in [0, 0.1) is 0 Å². The molecule has 0 aliphatic rings. The third-order valence-electron chi connectivity index (χ3n) is 1.84. The first-order chi connectivity index (χ1) is 7.89. The first-order valence-corrected chi connectivity index (χ1v) is 7.16. The lowest BCUT2D eigenvalue weighted by Crippen LogP contribution is -2.12. The van der Waals surface area contributed by atoms with Crippen LogP contribution in [0.15, 0.2) is 12.2 Å². The van der Waals surface area contributed by atoms with Crippen LogP contribution < -0.4 is 0 Å². The minimum atomic E-state index is -3.37. The van der Waals surface area contributed by atoms with Crippen molar-refractivity contribution in [2.75, 3.05) is 19.0 Å². The molecule has 0 saturated heterocycles. The highest BCUT2D eigenvalue weighted by molar-refractivity contribution is 7.86.